The lowest BCUT2D eigenvalue weighted by atomic mass is 10.0. The van der Waals surface area contributed by atoms with E-state index in [0.29, 0.717) is 12.5 Å². The van der Waals surface area contributed by atoms with Gasteiger partial charge in [0.15, 0.2) is 0 Å². The van der Waals surface area contributed by atoms with Crippen molar-refractivity contribution < 1.29 is 9.53 Å². The third-order valence-electron chi connectivity index (χ3n) is 3.40. The minimum atomic E-state index is -0.487. The lowest BCUT2D eigenvalue weighted by Gasteiger charge is -2.27. The smallest absolute Gasteiger partial charge is 0.407 e. The molecule has 1 aromatic heterocycles. The number of nitrogens with zero attached hydrogens (tertiary/aromatic N) is 2. The van der Waals surface area contributed by atoms with Crippen molar-refractivity contribution in [2.75, 3.05) is 6.54 Å². The number of aromatic nitrogens is 2. The summed E-state index contributed by atoms with van der Waals surface area (Å²) in [6.45, 7) is 12.5. The molecule has 2 atom stereocenters. The Kier molecular flexibility index (Phi) is 6.41. The van der Waals surface area contributed by atoms with E-state index >= 15 is 0 Å². The summed E-state index contributed by atoms with van der Waals surface area (Å²) in [5, 5.41) is 6.36. The number of amides is 1. The number of alkyl carbamates (subject to hydrolysis) is 1. The van der Waals surface area contributed by atoms with Crippen molar-refractivity contribution in [1.29, 1.82) is 0 Å². The van der Waals surface area contributed by atoms with Crippen LogP contribution in [0.15, 0.2) is 12.4 Å². The molecule has 0 aliphatic heterocycles. The zero-order chi connectivity index (χ0) is 16.9. The Labute approximate surface area is 133 Å². The largest absolute Gasteiger partial charge is 0.444 e. The molecular weight excluding hydrogens is 280 g/mol. The summed E-state index contributed by atoms with van der Waals surface area (Å²) in [6, 6.07) is 0.110. The molecule has 1 aromatic rings. The quantitative estimate of drug-likeness (QED) is 0.847. The number of rotatable bonds is 6. The van der Waals surface area contributed by atoms with Crippen molar-refractivity contribution in [3.8, 4) is 0 Å². The molecule has 0 aliphatic rings. The Morgan fingerprint density at radius 2 is 2.00 bits per heavy atom. The van der Waals surface area contributed by atoms with Gasteiger partial charge in [-0.15, -0.1) is 0 Å². The first-order chi connectivity index (χ1) is 10.1. The zero-order valence-corrected chi connectivity index (χ0v) is 14.8. The molecule has 1 heterocycles. The molecule has 0 spiro atoms. The summed E-state index contributed by atoms with van der Waals surface area (Å²) in [5.74, 6) is 1.27. The Morgan fingerprint density at radius 1 is 1.36 bits per heavy atom. The maximum absolute atomic E-state index is 11.9. The number of hydrogen-bond donors (Lipinski definition) is 2. The van der Waals surface area contributed by atoms with Crippen LogP contribution in [0.25, 0.3) is 0 Å². The first-order valence-electron chi connectivity index (χ1n) is 7.80. The number of imidazole rings is 1. The summed E-state index contributed by atoms with van der Waals surface area (Å²) < 4.78 is 7.31. The molecule has 0 fully saturated rings. The monoisotopic (exact) mass is 310 g/mol. The third-order valence-corrected chi connectivity index (χ3v) is 3.40. The molecule has 0 radical (unpaired) electrons. The number of nitrogens with one attached hydrogen (secondary N) is 2. The fourth-order valence-electron chi connectivity index (χ4n) is 2.10. The van der Waals surface area contributed by atoms with Crippen LogP contribution in [-0.2, 0) is 11.8 Å². The van der Waals surface area contributed by atoms with Gasteiger partial charge < -0.3 is 19.9 Å². The highest BCUT2D eigenvalue weighted by Gasteiger charge is 2.22. The van der Waals surface area contributed by atoms with Crippen LogP contribution in [-0.4, -0.2) is 33.8 Å². The van der Waals surface area contributed by atoms with Gasteiger partial charge in [0, 0.05) is 32.0 Å². The Hall–Kier alpha value is -1.56. The summed E-state index contributed by atoms with van der Waals surface area (Å²) in [4.78, 5) is 16.3. The Balaban J connectivity index is 2.54. The van der Waals surface area contributed by atoms with Crippen LogP contribution < -0.4 is 10.6 Å². The van der Waals surface area contributed by atoms with Crippen molar-refractivity contribution in [3.05, 3.63) is 18.2 Å². The van der Waals surface area contributed by atoms with Crippen LogP contribution in [0.4, 0.5) is 4.79 Å². The molecular formula is C16H30N4O2. The molecule has 22 heavy (non-hydrogen) atoms. The number of aryl methyl sites for hydroxylation is 1. The minimum absolute atomic E-state index is 0.00225. The number of hydrogen-bond acceptors (Lipinski definition) is 4. The van der Waals surface area contributed by atoms with Crippen molar-refractivity contribution in [2.45, 2.75) is 59.2 Å². The first kappa shape index (κ1) is 18.5. The van der Waals surface area contributed by atoms with Gasteiger partial charge in [-0.2, -0.15) is 0 Å². The number of carbonyl (C=O) groups excluding carboxylic acids is 1. The standard InChI is InChI=1S/C16H30N4O2/c1-11(2)13(19-15(21)22-16(4,5)6)10-18-12(3)14-17-8-9-20(14)7/h8-9,11-13,18H,10H2,1-7H3,(H,19,21). The molecule has 1 rings (SSSR count). The average molecular weight is 310 g/mol. The van der Waals surface area contributed by atoms with Crippen LogP contribution in [0.1, 0.15) is 53.4 Å². The van der Waals surface area contributed by atoms with Gasteiger partial charge in [0.1, 0.15) is 11.4 Å². The maximum Gasteiger partial charge on any atom is 0.407 e. The molecule has 6 nitrogen and oxygen atoms in total. The topological polar surface area (TPSA) is 68.2 Å². The van der Waals surface area contributed by atoms with Gasteiger partial charge >= 0.3 is 6.09 Å². The van der Waals surface area contributed by atoms with E-state index in [0.717, 1.165) is 5.82 Å². The van der Waals surface area contributed by atoms with E-state index < -0.39 is 5.60 Å². The second kappa shape index (κ2) is 7.63. The average Bonchev–Trinajstić information content (AvgIpc) is 2.77. The second-order valence-electron chi connectivity index (χ2n) is 7.02. The van der Waals surface area contributed by atoms with Crippen LogP contribution in [0, 0.1) is 5.92 Å². The predicted molar refractivity (Wildman–Crippen MR) is 87.6 cm³/mol. The molecule has 0 saturated carbocycles. The lowest BCUT2D eigenvalue weighted by Crippen LogP contribution is -2.47. The molecule has 0 aromatic carbocycles. The van der Waals surface area contributed by atoms with Crippen LogP contribution in [0.3, 0.4) is 0 Å². The highest BCUT2D eigenvalue weighted by molar-refractivity contribution is 5.68. The Bertz CT molecular complexity index is 477. The van der Waals surface area contributed by atoms with Crippen LogP contribution >= 0.6 is 0 Å². The van der Waals surface area contributed by atoms with Gasteiger partial charge in [0.05, 0.1) is 6.04 Å². The summed E-state index contributed by atoms with van der Waals surface area (Å²) >= 11 is 0. The molecule has 126 valence electrons. The number of carbonyl (C=O) groups is 1. The predicted octanol–water partition coefficient (Wildman–Crippen LogP) is 2.62. The molecule has 2 N–H and O–H groups in total. The normalized spacial score (nSPS) is 14.7. The van der Waals surface area contributed by atoms with Crippen molar-refractivity contribution >= 4 is 6.09 Å². The van der Waals surface area contributed by atoms with E-state index in [1.54, 1.807) is 6.20 Å². The van der Waals surface area contributed by atoms with E-state index in [1.165, 1.54) is 0 Å². The van der Waals surface area contributed by atoms with Gasteiger partial charge in [0.25, 0.3) is 0 Å². The molecule has 0 bridgehead atoms. The van der Waals surface area contributed by atoms with Gasteiger partial charge in [-0.25, -0.2) is 9.78 Å². The van der Waals surface area contributed by atoms with Gasteiger partial charge in [-0.1, -0.05) is 13.8 Å². The highest BCUT2D eigenvalue weighted by Crippen LogP contribution is 2.11. The summed E-state index contributed by atoms with van der Waals surface area (Å²) in [6.07, 6.45) is 3.33. The fourth-order valence-corrected chi connectivity index (χ4v) is 2.10. The molecule has 2 unspecified atom stereocenters. The van der Waals surface area contributed by atoms with Crippen LogP contribution in [0.5, 0.6) is 0 Å². The fraction of sp³-hybridized carbons (Fsp3) is 0.750. The second-order valence-corrected chi connectivity index (χ2v) is 7.02. The van der Waals surface area contributed by atoms with E-state index in [-0.39, 0.29) is 18.2 Å². The number of ether oxygens (including phenoxy) is 1. The molecule has 0 aliphatic carbocycles. The van der Waals surface area contributed by atoms with E-state index in [4.69, 9.17) is 4.74 Å². The van der Waals surface area contributed by atoms with Crippen molar-refractivity contribution in [2.24, 2.45) is 13.0 Å². The van der Waals surface area contributed by atoms with Crippen LogP contribution in [0.2, 0.25) is 0 Å². The molecule has 1 amide bonds. The van der Waals surface area contributed by atoms with Crippen molar-refractivity contribution in [1.82, 2.24) is 20.2 Å². The zero-order valence-electron chi connectivity index (χ0n) is 14.8. The SMILES string of the molecule is CC(NCC(NC(=O)OC(C)(C)C)C(C)C)c1nccn1C. The maximum atomic E-state index is 11.9. The lowest BCUT2D eigenvalue weighted by molar-refractivity contribution is 0.0489. The highest BCUT2D eigenvalue weighted by atomic mass is 16.6. The summed E-state index contributed by atoms with van der Waals surface area (Å²) in [7, 11) is 1.97. The van der Waals surface area contributed by atoms with E-state index in [9.17, 15) is 4.79 Å². The molecule has 6 heteroatoms. The van der Waals surface area contributed by atoms with Crippen molar-refractivity contribution in [3.63, 3.8) is 0 Å². The van der Waals surface area contributed by atoms with E-state index in [2.05, 4.69) is 36.4 Å². The van der Waals surface area contributed by atoms with Gasteiger partial charge in [-0.3, -0.25) is 0 Å². The molecule has 0 saturated heterocycles. The minimum Gasteiger partial charge on any atom is -0.444 e. The first-order valence-corrected chi connectivity index (χ1v) is 7.80. The summed E-state index contributed by atoms with van der Waals surface area (Å²) in [5.41, 5.74) is -0.487. The third kappa shape index (κ3) is 6.05. The van der Waals surface area contributed by atoms with E-state index in [1.807, 2.05) is 38.6 Å². The van der Waals surface area contributed by atoms with Gasteiger partial charge in [-0.05, 0) is 33.6 Å². The van der Waals surface area contributed by atoms with Gasteiger partial charge in [0.2, 0.25) is 0 Å². The Morgan fingerprint density at radius 3 is 2.45 bits per heavy atom.